The van der Waals surface area contributed by atoms with E-state index in [0.717, 1.165) is 133 Å². The van der Waals surface area contributed by atoms with Crippen LogP contribution in [0, 0.1) is 10.8 Å². The van der Waals surface area contributed by atoms with Gasteiger partial charge in [-0.3, -0.25) is 9.97 Å². The Balaban J connectivity index is 0.000000188. The fourth-order valence-corrected chi connectivity index (χ4v) is 7.85. The topological polar surface area (TPSA) is 128 Å². The SMILES string of the molecule is CC(C)(C)C=O.COc1cccc(-c2cnc(-c3ccncc3)nc2C2CCN(CC(C)(C)C)CC2)c1.COc1cccc(-c2cnc(-c3ccncc3)nc2C2CCNCC2)c1. The number of aldehydes is 1. The molecule has 6 aromatic rings. The molecule has 0 aliphatic carbocycles. The molecule has 4 aromatic heterocycles. The van der Waals surface area contributed by atoms with Crippen LogP contribution in [0.5, 0.6) is 11.5 Å². The van der Waals surface area contributed by atoms with E-state index in [2.05, 4.69) is 70.2 Å². The summed E-state index contributed by atoms with van der Waals surface area (Å²) in [5.74, 6) is 4.06. The van der Waals surface area contributed by atoms with Crippen molar-refractivity contribution in [3.63, 3.8) is 0 Å². The van der Waals surface area contributed by atoms with Crippen LogP contribution in [-0.4, -0.2) is 88.0 Å². The third-order valence-electron chi connectivity index (χ3n) is 11.0. The number of nitrogens with one attached hydrogen (secondary N) is 1. The van der Waals surface area contributed by atoms with Crippen molar-refractivity contribution < 1.29 is 14.3 Å². The lowest BCUT2D eigenvalue weighted by atomic mass is 9.87. The maximum Gasteiger partial charge on any atom is 0.159 e. The second-order valence-electron chi connectivity index (χ2n) is 18.5. The first-order valence-corrected chi connectivity index (χ1v) is 22.1. The van der Waals surface area contributed by atoms with Crippen LogP contribution < -0.4 is 14.8 Å². The number of rotatable bonds is 9. The lowest BCUT2D eigenvalue weighted by Gasteiger charge is -2.36. The van der Waals surface area contributed by atoms with E-state index in [1.807, 2.05) is 81.7 Å². The number of carbonyl (C=O) groups is 1. The number of piperidine rings is 2. The molecule has 330 valence electrons. The van der Waals surface area contributed by atoms with Crippen LogP contribution in [0.15, 0.2) is 110 Å². The second-order valence-corrected chi connectivity index (χ2v) is 18.5. The monoisotopic (exact) mass is 849 g/mol. The predicted molar refractivity (Wildman–Crippen MR) is 253 cm³/mol. The molecule has 0 radical (unpaired) electrons. The summed E-state index contributed by atoms with van der Waals surface area (Å²) in [6, 6.07) is 24.1. The standard InChI is InChI=1S/C26H32N4O.C21H22N4O.C5H10O/c1-26(2,3)18-30-14-10-19(11-15-30)24-23(21-6-5-7-22(16-21)31-4)17-28-25(29-24)20-8-12-27-13-9-20;1-26-18-4-2-3-17(13-18)19-14-24-21(16-7-11-23-12-8-16)25-20(19)15-5-9-22-10-6-15;1-5(2,3)4-6/h5-9,12-13,16-17,19H,10-11,14-15,18H2,1-4H3;2-4,7-8,11-15,22H,5-6,9-10H2,1H3;4H,1-3H3. The summed E-state index contributed by atoms with van der Waals surface area (Å²) < 4.78 is 10.9. The number of methoxy groups -OCH3 is 2. The third-order valence-corrected chi connectivity index (χ3v) is 11.0. The van der Waals surface area contributed by atoms with Crippen molar-refractivity contribution in [1.29, 1.82) is 0 Å². The van der Waals surface area contributed by atoms with E-state index in [0.29, 0.717) is 17.3 Å². The summed E-state index contributed by atoms with van der Waals surface area (Å²) in [6.07, 6.45) is 16.4. The Labute approximate surface area is 374 Å². The van der Waals surface area contributed by atoms with Gasteiger partial charge in [0.2, 0.25) is 0 Å². The molecule has 2 aromatic carbocycles. The first kappa shape index (κ1) is 46.6. The molecule has 0 atom stereocenters. The minimum Gasteiger partial charge on any atom is -0.497 e. The first-order valence-electron chi connectivity index (χ1n) is 22.1. The largest absolute Gasteiger partial charge is 0.497 e. The highest BCUT2D eigenvalue weighted by molar-refractivity contribution is 5.70. The number of ether oxygens (including phenoxy) is 2. The Morgan fingerprint density at radius 2 is 1.06 bits per heavy atom. The Morgan fingerprint density at radius 3 is 1.46 bits per heavy atom. The zero-order valence-corrected chi connectivity index (χ0v) is 38.3. The highest BCUT2D eigenvalue weighted by Gasteiger charge is 2.28. The minimum atomic E-state index is -0.139. The lowest BCUT2D eigenvalue weighted by molar-refractivity contribution is -0.113. The molecular formula is C52H64N8O3. The van der Waals surface area contributed by atoms with Gasteiger partial charge in [-0.2, -0.15) is 0 Å². The minimum absolute atomic E-state index is 0.139. The van der Waals surface area contributed by atoms with Gasteiger partial charge in [0.1, 0.15) is 17.8 Å². The van der Waals surface area contributed by atoms with Crippen LogP contribution >= 0.6 is 0 Å². The van der Waals surface area contributed by atoms with Crippen LogP contribution in [0.3, 0.4) is 0 Å². The van der Waals surface area contributed by atoms with Crippen LogP contribution in [0.1, 0.15) is 90.4 Å². The van der Waals surface area contributed by atoms with Crippen molar-refractivity contribution in [3.8, 4) is 56.5 Å². The van der Waals surface area contributed by atoms with Gasteiger partial charge in [0.15, 0.2) is 11.6 Å². The van der Waals surface area contributed by atoms with Crippen molar-refractivity contribution in [2.24, 2.45) is 10.8 Å². The summed E-state index contributed by atoms with van der Waals surface area (Å²) in [7, 11) is 3.39. The van der Waals surface area contributed by atoms with E-state index >= 15 is 0 Å². The lowest BCUT2D eigenvalue weighted by Crippen LogP contribution is -2.38. The van der Waals surface area contributed by atoms with Crippen molar-refractivity contribution >= 4 is 6.29 Å². The van der Waals surface area contributed by atoms with E-state index < -0.39 is 0 Å². The van der Waals surface area contributed by atoms with Gasteiger partial charge in [0, 0.05) is 83.2 Å². The second kappa shape index (κ2) is 21.9. The van der Waals surface area contributed by atoms with Crippen molar-refractivity contribution in [2.45, 2.75) is 79.1 Å². The van der Waals surface area contributed by atoms with E-state index in [-0.39, 0.29) is 5.41 Å². The highest BCUT2D eigenvalue weighted by atomic mass is 16.5. The summed E-state index contributed by atoms with van der Waals surface area (Å²) in [4.78, 5) is 40.1. The number of pyridine rings is 2. The van der Waals surface area contributed by atoms with Gasteiger partial charge in [-0.05, 0) is 117 Å². The predicted octanol–water partition coefficient (Wildman–Crippen LogP) is 10.4. The molecule has 0 saturated carbocycles. The normalized spacial score (nSPS) is 15.0. The average molecular weight is 849 g/mol. The van der Waals surface area contributed by atoms with Gasteiger partial charge in [-0.25, -0.2) is 19.9 Å². The number of hydrogen-bond acceptors (Lipinski definition) is 11. The molecule has 63 heavy (non-hydrogen) atoms. The smallest absolute Gasteiger partial charge is 0.159 e. The zero-order valence-electron chi connectivity index (χ0n) is 38.3. The first-order chi connectivity index (χ1) is 30.3. The fourth-order valence-electron chi connectivity index (χ4n) is 7.85. The highest BCUT2D eigenvalue weighted by Crippen LogP contribution is 2.37. The molecule has 2 fully saturated rings. The van der Waals surface area contributed by atoms with Gasteiger partial charge in [0.05, 0.1) is 25.6 Å². The van der Waals surface area contributed by atoms with Crippen LogP contribution in [0.2, 0.25) is 0 Å². The van der Waals surface area contributed by atoms with Crippen molar-refractivity contribution in [2.75, 3.05) is 46.9 Å². The molecule has 0 bridgehead atoms. The average Bonchev–Trinajstić information content (AvgIpc) is 3.32. The Kier molecular flexibility index (Phi) is 16.2. The number of nitrogens with zero attached hydrogens (tertiary/aromatic N) is 7. The molecule has 8 rings (SSSR count). The number of carbonyl (C=O) groups excluding carboxylic acids is 1. The van der Waals surface area contributed by atoms with Crippen molar-refractivity contribution in [1.82, 2.24) is 40.1 Å². The summed E-state index contributed by atoms with van der Waals surface area (Å²) in [5, 5.41) is 3.44. The van der Waals surface area contributed by atoms with Crippen LogP contribution in [-0.2, 0) is 4.79 Å². The molecule has 11 nitrogen and oxygen atoms in total. The third kappa shape index (κ3) is 13.5. The molecule has 1 N–H and O–H groups in total. The number of hydrogen-bond donors (Lipinski definition) is 1. The van der Waals surface area contributed by atoms with Crippen molar-refractivity contribution in [3.05, 3.63) is 121 Å². The van der Waals surface area contributed by atoms with E-state index in [1.165, 1.54) is 0 Å². The number of benzene rings is 2. The Morgan fingerprint density at radius 1 is 0.635 bits per heavy atom. The molecule has 2 aliphatic rings. The molecule has 0 unspecified atom stereocenters. The quantitative estimate of drug-likeness (QED) is 0.140. The van der Waals surface area contributed by atoms with Gasteiger partial charge in [-0.15, -0.1) is 0 Å². The van der Waals surface area contributed by atoms with Gasteiger partial charge in [-0.1, -0.05) is 65.8 Å². The fraction of sp³-hybridized carbons (Fsp3) is 0.404. The zero-order chi connectivity index (χ0) is 44.8. The Hall–Kier alpha value is -5.91. The molecule has 0 spiro atoms. The van der Waals surface area contributed by atoms with Gasteiger partial charge >= 0.3 is 0 Å². The van der Waals surface area contributed by atoms with E-state index in [4.69, 9.17) is 24.4 Å². The summed E-state index contributed by atoms with van der Waals surface area (Å²) in [6.45, 7) is 18.0. The van der Waals surface area contributed by atoms with E-state index in [1.54, 1.807) is 39.0 Å². The Bertz CT molecular complexity index is 2350. The van der Waals surface area contributed by atoms with Crippen LogP contribution in [0.25, 0.3) is 45.0 Å². The number of aromatic nitrogens is 6. The maximum atomic E-state index is 9.83. The maximum absolute atomic E-state index is 9.83. The molecule has 0 amide bonds. The van der Waals surface area contributed by atoms with E-state index in [9.17, 15) is 4.79 Å². The molecule has 2 saturated heterocycles. The molecule has 11 heteroatoms. The molecular weight excluding hydrogens is 785 g/mol. The molecule has 2 aliphatic heterocycles. The summed E-state index contributed by atoms with van der Waals surface area (Å²) in [5.41, 5.74) is 8.84. The molecule has 6 heterocycles. The summed E-state index contributed by atoms with van der Waals surface area (Å²) >= 11 is 0. The number of likely N-dealkylation sites (tertiary alicyclic amines) is 1. The van der Waals surface area contributed by atoms with Gasteiger partial charge < -0.3 is 24.5 Å². The van der Waals surface area contributed by atoms with Gasteiger partial charge in [0.25, 0.3) is 0 Å². The van der Waals surface area contributed by atoms with Crippen LogP contribution in [0.4, 0.5) is 0 Å².